The molecule has 2 nitrogen and oxygen atoms in total. The number of benzene rings is 1. The second-order valence-corrected chi connectivity index (χ2v) is 3.98. The Hall–Kier alpha value is -1.23. The van der Waals surface area contributed by atoms with E-state index >= 15 is 0 Å². The van der Waals surface area contributed by atoms with E-state index in [4.69, 9.17) is 4.74 Å². The lowest BCUT2D eigenvalue weighted by Gasteiger charge is -2.08. The van der Waals surface area contributed by atoms with Gasteiger partial charge in [-0.3, -0.25) is 0 Å². The van der Waals surface area contributed by atoms with Crippen LogP contribution in [-0.2, 0) is 6.54 Å². The average Bonchev–Trinajstić information content (AvgIpc) is 2.28. The topological polar surface area (TPSA) is 21.3 Å². The summed E-state index contributed by atoms with van der Waals surface area (Å²) < 4.78 is 41.0. The monoisotopic (exact) mass is 261 g/mol. The van der Waals surface area contributed by atoms with Crippen LogP contribution in [0.3, 0.4) is 0 Å². The molecular weight excluding hydrogens is 243 g/mol. The molecule has 0 heterocycles. The van der Waals surface area contributed by atoms with Crippen LogP contribution in [0.15, 0.2) is 24.3 Å². The number of hydrogen-bond donors (Lipinski definition) is 1. The van der Waals surface area contributed by atoms with Crippen LogP contribution in [0.25, 0.3) is 0 Å². The third-order valence-corrected chi connectivity index (χ3v) is 2.35. The zero-order valence-corrected chi connectivity index (χ0v) is 10.4. The molecule has 0 aliphatic rings. The number of nitrogens with one attached hydrogen (secondary N) is 1. The molecule has 1 N–H and O–H groups in total. The van der Waals surface area contributed by atoms with Gasteiger partial charge in [-0.2, -0.15) is 13.2 Å². The molecule has 0 saturated heterocycles. The molecule has 1 aromatic rings. The predicted molar refractivity (Wildman–Crippen MR) is 64.6 cm³/mol. The van der Waals surface area contributed by atoms with Gasteiger partial charge in [0.25, 0.3) is 0 Å². The number of ether oxygens (including phenoxy) is 1. The first-order valence-corrected chi connectivity index (χ1v) is 6.00. The maximum Gasteiger partial charge on any atom is 0.389 e. The fourth-order valence-corrected chi connectivity index (χ4v) is 1.56. The SMILES string of the molecule is CCOc1cccc(CNCCCC(F)(F)F)c1. The summed E-state index contributed by atoms with van der Waals surface area (Å²) in [5.41, 5.74) is 1.01. The second-order valence-electron chi connectivity index (χ2n) is 3.98. The van der Waals surface area contributed by atoms with Gasteiger partial charge in [0.2, 0.25) is 0 Å². The van der Waals surface area contributed by atoms with Crippen LogP contribution < -0.4 is 10.1 Å². The van der Waals surface area contributed by atoms with E-state index in [9.17, 15) is 13.2 Å². The standard InChI is InChI=1S/C13H18F3NO/c1-2-18-12-6-3-5-11(9-12)10-17-8-4-7-13(14,15)16/h3,5-6,9,17H,2,4,7-8,10H2,1H3. The normalized spacial score (nSPS) is 11.6. The van der Waals surface area contributed by atoms with E-state index in [1.54, 1.807) is 0 Å². The van der Waals surface area contributed by atoms with E-state index in [0.29, 0.717) is 19.7 Å². The van der Waals surface area contributed by atoms with Gasteiger partial charge in [0.05, 0.1) is 6.61 Å². The van der Waals surface area contributed by atoms with E-state index in [0.717, 1.165) is 11.3 Å². The van der Waals surface area contributed by atoms with Gasteiger partial charge in [-0.15, -0.1) is 0 Å². The van der Waals surface area contributed by atoms with Crippen LogP contribution in [0.4, 0.5) is 13.2 Å². The fraction of sp³-hybridized carbons (Fsp3) is 0.538. The molecule has 0 unspecified atom stereocenters. The summed E-state index contributed by atoms with van der Waals surface area (Å²) in [6, 6.07) is 7.54. The number of alkyl halides is 3. The van der Waals surface area contributed by atoms with Gasteiger partial charge < -0.3 is 10.1 Å². The molecule has 0 aliphatic heterocycles. The van der Waals surface area contributed by atoms with E-state index in [2.05, 4.69) is 5.32 Å². The maximum atomic E-state index is 11.9. The van der Waals surface area contributed by atoms with Crippen molar-refractivity contribution in [2.45, 2.75) is 32.5 Å². The lowest BCUT2D eigenvalue weighted by Crippen LogP contribution is -2.17. The first-order valence-electron chi connectivity index (χ1n) is 6.00. The van der Waals surface area contributed by atoms with E-state index in [1.807, 2.05) is 31.2 Å². The van der Waals surface area contributed by atoms with Crippen molar-refractivity contribution in [3.8, 4) is 5.75 Å². The molecule has 0 aliphatic carbocycles. The summed E-state index contributed by atoms with van der Waals surface area (Å²) in [6.45, 7) is 3.42. The van der Waals surface area contributed by atoms with Gasteiger partial charge in [-0.1, -0.05) is 12.1 Å². The third-order valence-electron chi connectivity index (χ3n) is 2.35. The lowest BCUT2D eigenvalue weighted by molar-refractivity contribution is -0.135. The van der Waals surface area contributed by atoms with Crippen LogP contribution in [0.1, 0.15) is 25.3 Å². The number of rotatable bonds is 7. The van der Waals surface area contributed by atoms with Gasteiger partial charge in [-0.05, 0) is 37.6 Å². The van der Waals surface area contributed by atoms with Crippen LogP contribution in [-0.4, -0.2) is 19.3 Å². The van der Waals surface area contributed by atoms with E-state index in [-0.39, 0.29) is 6.42 Å². The minimum absolute atomic E-state index is 0.106. The van der Waals surface area contributed by atoms with Crippen LogP contribution in [0.5, 0.6) is 5.75 Å². The predicted octanol–water partition coefficient (Wildman–Crippen LogP) is 3.52. The first kappa shape index (κ1) is 14.8. The Morgan fingerprint density at radius 1 is 1.28 bits per heavy atom. The molecule has 5 heteroatoms. The molecule has 0 bridgehead atoms. The van der Waals surface area contributed by atoms with Gasteiger partial charge in [-0.25, -0.2) is 0 Å². The molecule has 0 fully saturated rings. The van der Waals surface area contributed by atoms with Crippen molar-refractivity contribution in [1.82, 2.24) is 5.32 Å². The molecule has 0 amide bonds. The fourth-order valence-electron chi connectivity index (χ4n) is 1.56. The van der Waals surface area contributed by atoms with Gasteiger partial charge in [0, 0.05) is 13.0 Å². The number of halogens is 3. The van der Waals surface area contributed by atoms with Crippen LogP contribution in [0, 0.1) is 0 Å². The molecule has 0 atom stereocenters. The molecule has 1 aromatic carbocycles. The summed E-state index contributed by atoms with van der Waals surface area (Å²) in [4.78, 5) is 0. The first-order chi connectivity index (χ1) is 8.51. The maximum absolute atomic E-state index is 11.9. The van der Waals surface area contributed by atoms with Gasteiger partial charge >= 0.3 is 6.18 Å². The van der Waals surface area contributed by atoms with Crippen molar-refractivity contribution >= 4 is 0 Å². The Morgan fingerprint density at radius 2 is 2.06 bits per heavy atom. The highest BCUT2D eigenvalue weighted by atomic mass is 19.4. The summed E-state index contributed by atoms with van der Waals surface area (Å²) in [7, 11) is 0. The lowest BCUT2D eigenvalue weighted by atomic mass is 10.2. The number of hydrogen-bond acceptors (Lipinski definition) is 2. The highest BCUT2D eigenvalue weighted by Gasteiger charge is 2.25. The highest BCUT2D eigenvalue weighted by Crippen LogP contribution is 2.20. The smallest absolute Gasteiger partial charge is 0.389 e. The minimum atomic E-state index is -4.06. The van der Waals surface area contributed by atoms with E-state index in [1.165, 1.54) is 0 Å². The Bertz CT molecular complexity index is 352. The van der Waals surface area contributed by atoms with Gasteiger partial charge in [0.15, 0.2) is 0 Å². The van der Waals surface area contributed by atoms with Crippen molar-refractivity contribution in [1.29, 1.82) is 0 Å². The molecular formula is C13H18F3NO. The largest absolute Gasteiger partial charge is 0.494 e. The summed E-state index contributed by atoms with van der Waals surface area (Å²) >= 11 is 0. The zero-order chi connectivity index (χ0) is 13.4. The van der Waals surface area contributed by atoms with Crippen LogP contribution in [0.2, 0.25) is 0 Å². The second kappa shape index (κ2) is 7.26. The van der Waals surface area contributed by atoms with Gasteiger partial charge in [0.1, 0.15) is 5.75 Å². The Balaban J connectivity index is 2.24. The van der Waals surface area contributed by atoms with Crippen molar-refractivity contribution in [2.75, 3.05) is 13.2 Å². The van der Waals surface area contributed by atoms with Crippen molar-refractivity contribution in [3.05, 3.63) is 29.8 Å². The third kappa shape index (κ3) is 6.49. The molecule has 18 heavy (non-hydrogen) atoms. The van der Waals surface area contributed by atoms with Crippen molar-refractivity contribution < 1.29 is 17.9 Å². The quantitative estimate of drug-likeness (QED) is 0.758. The van der Waals surface area contributed by atoms with Crippen LogP contribution >= 0.6 is 0 Å². The summed E-state index contributed by atoms with van der Waals surface area (Å²) in [5, 5.41) is 2.99. The molecule has 0 spiro atoms. The molecule has 1 rings (SSSR count). The summed E-state index contributed by atoms with van der Waals surface area (Å²) in [5.74, 6) is 0.784. The molecule has 0 radical (unpaired) electrons. The van der Waals surface area contributed by atoms with Crippen molar-refractivity contribution in [2.24, 2.45) is 0 Å². The molecule has 102 valence electrons. The molecule has 0 aromatic heterocycles. The average molecular weight is 261 g/mol. The van der Waals surface area contributed by atoms with E-state index < -0.39 is 12.6 Å². The highest BCUT2D eigenvalue weighted by molar-refractivity contribution is 5.28. The molecule has 0 saturated carbocycles. The Morgan fingerprint density at radius 3 is 2.72 bits per heavy atom. The Kier molecular flexibility index (Phi) is 5.98. The van der Waals surface area contributed by atoms with Crippen molar-refractivity contribution in [3.63, 3.8) is 0 Å². The summed E-state index contributed by atoms with van der Waals surface area (Å²) in [6.07, 6.45) is -4.69. The zero-order valence-electron chi connectivity index (χ0n) is 10.4. The minimum Gasteiger partial charge on any atom is -0.494 e. The Labute approximate surface area is 105 Å².